The first-order valence-corrected chi connectivity index (χ1v) is 4.07. The molecule has 4 nitrogen and oxygen atoms in total. The van der Waals surface area contributed by atoms with E-state index < -0.39 is 17.6 Å². The summed E-state index contributed by atoms with van der Waals surface area (Å²) in [4.78, 5) is 21.6. The molecule has 1 rings (SSSR count). The molecule has 0 aliphatic heterocycles. The number of halogens is 1. The van der Waals surface area contributed by atoms with Crippen LogP contribution in [0.5, 0.6) is 0 Å². The number of primary amides is 2. The van der Waals surface area contributed by atoms with Gasteiger partial charge in [0, 0.05) is 6.08 Å². The number of rotatable bonds is 3. The van der Waals surface area contributed by atoms with Crippen LogP contribution < -0.4 is 11.5 Å². The zero-order valence-electron chi connectivity index (χ0n) is 7.74. The van der Waals surface area contributed by atoms with Crippen LogP contribution in [0.4, 0.5) is 4.39 Å². The van der Waals surface area contributed by atoms with Crippen molar-refractivity contribution in [2.45, 2.75) is 0 Å². The van der Waals surface area contributed by atoms with Gasteiger partial charge in [-0.05, 0) is 17.7 Å². The maximum Gasteiger partial charge on any atom is 0.249 e. The van der Waals surface area contributed by atoms with Crippen LogP contribution in [0.25, 0.3) is 5.57 Å². The molecule has 0 spiro atoms. The Kier molecular flexibility index (Phi) is 3.17. The first kappa shape index (κ1) is 10.9. The van der Waals surface area contributed by atoms with Crippen LogP contribution in [-0.4, -0.2) is 11.8 Å². The fourth-order valence-corrected chi connectivity index (χ4v) is 1.07. The number of carbonyl (C=O) groups is 2. The Hall–Kier alpha value is -2.17. The molecule has 0 unspecified atom stereocenters. The second kappa shape index (κ2) is 4.36. The maximum atomic E-state index is 12.6. The van der Waals surface area contributed by atoms with Crippen LogP contribution >= 0.6 is 0 Å². The summed E-state index contributed by atoms with van der Waals surface area (Å²) < 4.78 is 12.6. The highest BCUT2D eigenvalue weighted by molar-refractivity contribution is 6.22. The third kappa shape index (κ3) is 2.91. The van der Waals surface area contributed by atoms with Crippen LogP contribution in [-0.2, 0) is 9.59 Å². The molecule has 0 aliphatic carbocycles. The lowest BCUT2D eigenvalue weighted by molar-refractivity contribution is -0.115. The molecule has 2 amide bonds. The fraction of sp³-hybridized carbons (Fsp3) is 0. The van der Waals surface area contributed by atoms with Gasteiger partial charge in [0.05, 0.1) is 5.57 Å². The zero-order valence-corrected chi connectivity index (χ0v) is 7.74. The summed E-state index contributed by atoms with van der Waals surface area (Å²) in [6.45, 7) is 0. The average molecular weight is 208 g/mol. The van der Waals surface area contributed by atoms with Crippen molar-refractivity contribution < 1.29 is 14.0 Å². The van der Waals surface area contributed by atoms with E-state index in [0.717, 1.165) is 18.2 Å². The monoisotopic (exact) mass is 208 g/mol. The molecule has 0 bridgehead atoms. The topological polar surface area (TPSA) is 86.2 Å². The number of amides is 2. The Morgan fingerprint density at radius 2 is 1.67 bits per heavy atom. The van der Waals surface area contributed by atoms with Crippen LogP contribution in [0.2, 0.25) is 0 Å². The van der Waals surface area contributed by atoms with E-state index in [1.807, 2.05) is 0 Å². The van der Waals surface area contributed by atoms with Gasteiger partial charge in [-0.1, -0.05) is 12.1 Å². The van der Waals surface area contributed by atoms with Crippen LogP contribution in [0.3, 0.4) is 0 Å². The molecule has 1 aromatic carbocycles. The predicted octanol–water partition coefficient (Wildman–Crippen LogP) is 0.180. The number of carbonyl (C=O) groups excluding carboxylic acids is 2. The molecule has 0 saturated carbocycles. The average Bonchev–Trinajstić information content (AvgIpc) is 2.15. The van der Waals surface area contributed by atoms with Gasteiger partial charge in [-0.2, -0.15) is 0 Å². The summed E-state index contributed by atoms with van der Waals surface area (Å²) in [6.07, 6.45) is 0.912. The number of benzene rings is 1. The first-order valence-electron chi connectivity index (χ1n) is 4.07. The highest BCUT2D eigenvalue weighted by atomic mass is 19.1. The van der Waals surface area contributed by atoms with Gasteiger partial charge in [0.1, 0.15) is 5.82 Å². The molecular formula is C10H9FN2O2. The lowest BCUT2D eigenvalue weighted by Crippen LogP contribution is -2.16. The molecule has 5 heteroatoms. The summed E-state index contributed by atoms with van der Waals surface area (Å²) in [5.74, 6) is -2.02. The van der Waals surface area contributed by atoms with Crippen LogP contribution in [0.15, 0.2) is 30.3 Å². The SMILES string of the molecule is NC(=O)C=C(C(N)=O)c1ccc(F)cc1. The van der Waals surface area contributed by atoms with E-state index in [9.17, 15) is 14.0 Å². The second-order valence-corrected chi connectivity index (χ2v) is 2.83. The lowest BCUT2D eigenvalue weighted by Gasteiger charge is -2.02. The number of hydrogen-bond donors (Lipinski definition) is 2. The highest BCUT2D eigenvalue weighted by Crippen LogP contribution is 2.14. The molecule has 0 saturated heterocycles. The Labute approximate surface area is 85.4 Å². The van der Waals surface area contributed by atoms with Crippen molar-refractivity contribution >= 4 is 17.4 Å². The van der Waals surface area contributed by atoms with Gasteiger partial charge in [-0.15, -0.1) is 0 Å². The molecule has 78 valence electrons. The minimum Gasteiger partial charge on any atom is -0.366 e. The van der Waals surface area contributed by atoms with Gasteiger partial charge in [-0.3, -0.25) is 9.59 Å². The molecule has 1 aromatic rings. The van der Waals surface area contributed by atoms with Gasteiger partial charge >= 0.3 is 0 Å². The van der Waals surface area contributed by atoms with E-state index in [2.05, 4.69) is 0 Å². The van der Waals surface area contributed by atoms with Crippen molar-refractivity contribution in [2.24, 2.45) is 11.5 Å². The van der Waals surface area contributed by atoms with Gasteiger partial charge in [0.15, 0.2) is 0 Å². The lowest BCUT2D eigenvalue weighted by atomic mass is 10.1. The minimum absolute atomic E-state index is 0.0394. The van der Waals surface area contributed by atoms with E-state index in [4.69, 9.17) is 11.5 Å². The van der Waals surface area contributed by atoms with Crippen molar-refractivity contribution in [3.63, 3.8) is 0 Å². The standard InChI is InChI=1S/C10H9FN2O2/c11-7-3-1-6(2-4-7)8(10(13)15)5-9(12)14/h1-5H,(H2,12,14)(H2,13,15). The van der Waals surface area contributed by atoms with E-state index in [-0.39, 0.29) is 5.57 Å². The van der Waals surface area contributed by atoms with Crippen molar-refractivity contribution in [3.05, 3.63) is 41.7 Å². The summed E-state index contributed by atoms with van der Waals surface area (Å²) in [5, 5.41) is 0. The third-order valence-corrected chi connectivity index (χ3v) is 1.71. The summed E-state index contributed by atoms with van der Waals surface area (Å²) >= 11 is 0. The van der Waals surface area contributed by atoms with Crippen LogP contribution in [0, 0.1) is 5.82 Å². The minimum atomic E-state index is -0.791. The van der Waals surface area contributed by atoms with E-state index in [1.54, 1.807) is 0 Å². The zero-order chi connectivity index (χ0) is 11.4. The molecule has 0 heterocycles. The molecule has 0 radical (unpaired) electrons. The molecule has 15 heavy (non-hydrogen) atoms. The first-order chi connectivity index (χ1) is 7.00. The molecule has 0 aromatic heterocycles. The molecule has 0 fully saturated rings. The predicted molar refractivity (Wildman–Crippen MR) is 52.8 cm³/mol. The second-order valence-electron chi connectivity index (χ2n) is 2.83. The van der Waals surface area contributed by atoms with E-state index in [0.29, 0.717) is 5.56 Å². The number of nitrogens with two attached hydrogens (primary N) is 2. The third-order valence-electron chi connectivity index (χ3n) is 1.71. The number of hydrogen-bond acceptors (Lipinski definition) is 2. The molecular weight excluding hydrogens is 199 g/mol. The Balaban J connectivity index is 3.16. The summed E-state index contributed by atoms with van der Waals surface area (Å²) in [5.41, 5.74) is 10.3. The Morgan fingerprint density at radius 3 is 2.07 bits per heavy atom. The van der Waals surface area contributed by atoms with E-state index in [1.165, 1.54) is 12.1 Å². The maximum absolute atomic E-state index is 12.6. The summed E-state index contributed by atoms with van der Waals surface area (Å²) in [7, 11) is 0. The Morgan fingerprint density at radius 1 is 1.13 bits per heavy atom. The van der Waals surface area contributed by atoms with Gasteiger partial charge in [-0.25, -0.2) is 4.39 Å². The molecule has 0 atom stereocenters. The van der Waals surface area contributed by atoms with Crippen LogP contribution in [0.1, 0.15) is 5.56 Å². The smallest absolute Gasteiger partial charge is 0.249 e. The highest BCUT2D eigenvalue weighted by Gasteiger charge is 2.09. The van der Waals surface area contributed by atoms with Gasteiger partial charge in [0.25, 0.3) is 0 Å². The quantitative estimate of drug-likeness (QED) is 0.694. The normalized spacial score (nSPS) is 11.1. The van der Waals surface area contributed by atoms with Crippen molar-refractivity contribution in [3.8, 4) is 0 Å². The molecule has 0 aliphatic rings. The molecule has 4 N–H and O–H groups in total. The largest absolute Gasteiger partial charge is 0.366 e. The summed E-state index contributed by atoms with van der Waals surface area (Å²) in [6, 6.07) is 5.00. The van der Waals surface area contributed by atoms with Gasteiger partial charge < -0.3 is 11.5 Å². The van der Waals surface area contributed by atoms with Crippen molar-refractivity contribution in [2.75, 3.05) is 0 Å². The van der Waals surface area contributed by atoms with Crippen molar-refractivity contribution in [1.29, 1.82) is 0 Å². The van der Waals surface area contributed by atoms with E-state index >= 15 is 0 Å². The van der Waals surface area contributed by atoms with Gasteiger partial charge in [0.2, 0.25) is 11.8 Å². The fourth-order valence-electron chi connectivity index (χ4n) is 1.07. The Bertz CT molecular complexity index is 424. The van der Waals surface area contributed by atoms with Crippen molar-refractivity contribution in [1.82, 2.24) is 0 Å².